The predicted molar refractivity (Wildman–Crippen MR) is 97.5 cm³/mol. The predicted octanol–water partition coefficient (Wildman–Crippen LogP) is 3.24. The zero-order chi connectivity index (χ0) is 16.4. The third-order valence-corrected chi connectivity index (χ3v) is 4.61. The molecule has 1 saturated carbocycles. The molecule has 3 unspecified atom stereocenters. The Kier molecular flexibility index (Phi) is 9.53. The van der Waals surface area contributed by atoms with Crippen LogP contribution in [-0.2, 0) is 0 Å². The van der Waals surface area contributed by atoms with Gasteiger partial charge in [-0.1, -0.05) is 27.2 Å². The van der Waals surface area contributed by atoms with Crippen LogP contribution >= 0.6 is 0 Å². The largest absolute Gasteiger partial charge is 0.354 e. The first-order chi connectivity index (χ1) is 10.6. The molecule has 0 aromatic rings. The van der Waals surface area contributed by atoms with Gasteiger partial charge in [0.05, 0.1) is 0 Å². The lowest BCUT2D eigenvalue weighted by Gasteiger charge is -2.21. The molecule has 0 spiro atoms. The van der Waals surface area contributed by atoms with Crippen molar-refractivity contribution in [2.75, 3.05) is 26.2 Å². The fourth-order valence-corrected chi connectivity index (χ4v) is 3.05. The van der Waals surface area contributed by atoms with E-state index in [2.05, 4.69) is 55.1 Å². The Morgan fingerprint density at radius 2 is 1.95 bits per heavy atom. The molecule has 0 radical (unpaired) electrons. The molecule has 4 nitrogen and oxygen atoms in total. The quantitative estimate of drug-likeness (QED) is 0.454. The SMILES string of the molecule is CCCC1CC1NC(=NCC)NC(C)CCCN(CC)CC. The molecule has 1 rings (SSSR count). The number of nitrogens with zero attached hydrogens (tertiary/aromatic N) is 2. The van der Waals surface area contributed by atoms with Crippen LogP contribution < -0.4 is 10.6 Å². The summed E-state index contributed by atoms with van der Waals surface area (Å²) in [6.07, 6.45) is 6.39. The van der Waals surface area contributed by atoms with Gasteiger partial charge >= 0.3 is 0 Å². The van der Waals surface area contributed by atoms with Crippen LogP contribution in [0.3, 0.4) is 0 Å². The molecule has 0 aromatic heterocycles. The van der Waals surface area contributed by atoms with Gasteiger partial charge in [-0.25, -0.2) is 0 Å². The number of guanidine groups is 1. The molecule has 0 amide bonds. The minimum atomic E-state index is 0.483. The Labute approximate surface area is 138 Å². The van der Waals surface area contributed by atoms with Crippen LogP contribution in [0.5, 0.6) is 0 Å². The molecule has 22 heavy (non-hydrogen) atoms. The van der Waals surface area contributed by atoms with Crippen molar-refractivity contribution in [1.82, 2.24) is 15.5 Å². The van der Waals surface area contributed by atoms with E-state index in [1.807, 2.05) is 0 Å². The summed E-state index contributed by atoms with van der Waals surface area (Å²) in [5.41, 5.74) is 0. The second-order valence-electron chi connectivity index (χ2n) is 6.57. The third kappa shape index (κ3) is 7.48. The van der Waals surface area contributed by atoms with E-state index < -0.39 is 0 Å². The molecule has 4 heteroatoms. The summed E-state index contributed by atoms with van der Waals surface area (Å²) in [5, 5.41) is 7.19. The normalized spacial score (nSPS) is 22.7. The van der Waals surface area contributed by atoms with E-state index in [0.717, 1.165) is 31.5 Å². The summed E-state index contributed by atoms with van der Waals surface area (Å²) >= 11 is 0. The first-order valence-corrected chi connectivity index (χ1v) is 9.44. The molecule has 0 aliphatic heterocycles. The number of aliphatic imine (C=N–C) groups is 1. The van der Waals surface area contributed by atoms with Gasteiger partial charge in [-0.3, -0.25) is 4.99 Å². The standard InChI is InChI=1S/C18H38N4/c1-6-11-16-14-17(16)21-18(19-7-2)20-15(5)12-10-13-22(8-3)9-4/h15-17H,6-14H2,1-5H3,(H2,19,20,21). The van der Waals surface area contributed by atoms with Gasteiger partial charge in [-0.2, -0.15) is 0 Å². The van der Waals surface area contributed by atoms with Crippen LogP contribution in [0.25, 0.3) is 0 Å². The zero-order valence-electron chi connectivity index (χ0n) is 15.5. The Balaban J connectivity index is 2.26. The van der Waals surface area contributed by atoms with E-state index >= 15 is 0 Å². The van der Waals surface area contributed by atoms with Gasteiger partial charge in [-0.05, 0) is 65.1 Å². The van der Waals surface area contributed by atoms with Crippen molar-refractivity contribution in [3.05, 3.63) is 0 Å². The van der Waals surface area contributed by atoms with E-state index in [9.17, 15) is 0 Å². The Morgan fingerprint density at radius 1 is 1.23 bits per heavy atom. The maximum absolute atomic E-state index is 4.60. The van der Waals surface area contributed by atoms with E-state index in [1.54, 1.807) is 0 Å². The molecule has 130 valence electrons. The smallest absolute Gasteiger partial charge is 0.191 e. The van der Waals surface area contributed by atoms with Crippen molar-refractivity contribution in [2.45, 2.75) is 78.8 Å². The highest BCUT2D eigenvalue weighted by Crippen LogP contribution is 2.34. The summed E-state index contributed by atoms with van der Waals surface area (Å²) < 4.78 is 0. The highest BCUT2D eigenvalue weighted by molar-refractivity contribution is 5.80. The van der Waals surface area contributed by atoms with Crippen LogP contribution in [0.4, 0.5) is 0 Å². The Hall–Kier alpha value is -0.770. The number of nitrogens with one attached hydrogen (secondary N) is 2. The first-order valence-electron chi connectivity index (χ1n) is 9.44. The van der Waals surface area contributed by atoms with Crippen LogP contribution in [0, 0.1) is 5.92 Å². The summed E-state index contributed by atoms with van der Waals surface area (Å²) in [6.45, 7) is 15.5. The highest BCUT2D eigenvalue weighted by atomic mass is 15.2. The minimum Gasteiger partial charge on any atom is -0.354 e. The van der Waals surface area contributed by atoms with Crippen molar-refractivity contribution in [3.8, 4) is 0 Å². The van der Waals surface area contributed by atoms with Gasteiger partial charge in [-0.15, -0.1) is 0 Å². The zero-order valence-corrected chi connectivity index (χ0v) is 15.5. The topological polar surface area (TPSA) is 39.7 Å². The van der Waals surface area contributed by atoms with Gasteiger partial charge in [0.1, 0.15) is 0 Å². The second kappa shape index (κ2) is 10.9. The Morgan fingerprint density at radius 3 is 2.55 bits per heavy atom. The maximum Gasteiger partial charge on any atom is 0.191 e. The molecule has 1 aliphatic carbocycles. The Bertz CT molecular complexity index is 312. The molecule has 0 heterocycles. The molecule has 0 bridgehead atoms. The molecule has 0 saturated heterocycles. The van der Waals surface area contributed by atoms with Gasteiger partial charge in [0, 0.05) is 18.6 Å². The van der Waals surface area contributed by atoms with Crippen LogP contribution in [0.1, 0.15) is 66.7 Å². The fourth-order valence-electron chi connectivity index (χ4n) is 3.05. The van der Waals surface area contributed by atoms with Crippen LogP contribution in [0.2, 0.25) is 0 Å². The van der Waals surface area contributed by atoms with E-state index in [-0.39, 0.29) is 0 Å². The fraction of sp³-hybridized carbons (Fsp3) is 0.944. The number of hydrogen-bond donors (Lipinski definition) is 2. The van der Waals surface area contributed by atoms with Crippen molar-refractivity contribution in [3.63, 3.8) is 0 Å². The second-order valence-corrected chi connectivity index (χ2v) is 6.57. The van der Waals surface area contributed by atoms with E-state index in [0.29, 0.717) is 12.1 Å². The van der Waals surface area contributed by atoms with Crippen LogP contribution in [0.15, 0.2) is 4.99 Å². The monoisotopic (exact) mass is 310 g/mol. The molecule has 3 atom stereocenters. The van der Waals surface area contributed by atoms with Gasteiger partial charge < -0.3 is 15.5 Å². The molecule has 1 aliphatic rings. The summed E-state index contributed by atoms with van der Waals surface area (Å²) in [4.78, 5) is 7.09. The van der Waals surface area contributed by atoms with Crippen molar-refractivity contribution >= 4 is 5.96 Å². The lowest BCUT2D eigenvalue weighted by Crippen LogP contribution is -2.44. The molecular formula is C18H38N4. The van der Waals surface area contributed by atoms with E-state index in [4.69, 9.17) is 0 Å². The van der Waals surface area contributed by atoms with Crippen molar-refractivity contribution in [1.29, 1.82) is 0 Å². The number of rotatable bonds is 11. The summed E-state index contributed by atoms with van der Waals surface area (Å²) in [5.74, 6) is 1.88. The van der Waals surface area contributed by atoms with Crippen molar-refractivity contribution in [2.24, 2.45) is 10.9 Å². The molecule has 2 N–H and O–H groups in total. The average molecular weight is 311 g/mol. The highest BCUT2D eigenvalue weighted by Gasteiger charge is 2.36. The molecule has 0 aromatic carbocycles. The molecular weight excluding hydrogens is 272 g/mol. The molecule has 1 fully saturated rings. The average Bonchev–Trinajstić information content (AvgIpc) is 3.22. The van der Waals surface area contributed by atoms with Gasteiger partial charge in [0.15, 0.2) is 5.96 Å². The summed E-state index contributed by atoms with van der Waals surface area (Å²) in [6, 6.07) is 1.14. The maximum atomic E-state index is 4.60. The number of hydrogen-bond acceptors (Lipinski definition) is 2. The summed E-state index contributed by atoms with van der Waals surface area (Å²) in [7, 11) is 0. The van der Waals surface area contributed by atoms with Gasteiger partial charge in [0.25, 0.3) is 0 Å². The van der Waals surface area contributed by atoms with Crippen molar-refractivity contribution < 1.29 is 0 Å². The van der Waals surface area contributed by atoms with Gasteiger partial charge in [0.2, 0.25) is 0 Å². The third-order valence-electron chi connectivity index (χ3n) is 4.61. The lowest BCUT2D eigenvalue weighted by molar-refractivity contribution is 0.292. The van der Waals surface area contributed by atoms with E-state index in [1.165, 1.54) is 38.6 Å². The lowest BCUT2D eigenvalue weighted by atomic mass is 10.2. The van der Waals surface area contributed by atoms with Crippen LogP contribution in [-0.4, -0.2) is 49.1 Å². The first kappa shape index (κ1) is 19.3. The minimum absolute atomic E-state index is 0.483.